The Bertz CT molecular complexity index is 575. The van der Waals surface area contributed by atoms with Crippen molar-refractivity contribution in [2.75, 3.05) is 30.4 Å². The summed E-state index contributed by atoms with van der Waals surface area (Å²) in [6.07, 6.45) is 2.39. The first kappa shape index (κ1) is 14.9. The Hall–Kier alpha value is -1.07. The average molecular weight is 352 g/mol. The van der Waals surface area contributed by atoms with Gasteiger partial charge in [-0.05, 0) is 53.4 Å². The zero-order valence-corrected chi connectivity index (χ0v) is 14.4. The van der Waals surface area contributed by atoms with Crippen LogP contribution in [-0.2, 0) is 4.79 Å². The van der Waals surface area contributed by atoms with Crippen LogP contribution in [-0.4, -0.2) is 26.0 Å². The summed E-state index contributed by atoms with van der Waals surface area (Å²) in [5.74, 6) is 0.0244. The Morgan fingerprint density at radius 3 is 2.62 bits per heavy atom. The lowest BCUT2D eigenvalue weighted by atomic mass is 9.82. The van der Waals surface area contributed by atoms with Crippen molar-refractivity contribution in [3.63, 3.8) is 0 Å². The summed E-state index contributed by atoms with van der Waals surface area (Å²) >= 11 is 3.68. The molecule has 0 aliphatic carbocycles. The normalized spacial score (nSPS) is 23.9. The second-order valence-corrected chi connectivity index (χ2v) is 7.61. The third-order valence-corrected chi connectivity index (χ3v) is 5.33. The van der Waals surface area contributed by atoms with Crippen LogP contribution in [0.1, 0.15) is 38.3 Å². The van der Waals surface area contributed by atoms with E-state index in [0.29, 0.717) is 5.41 Å². The molecule has 0 bridgehead atoms. The average Bonchev–Trinajstić information content (AvgIpc) is 2.72. The van der Waals surface area contributed by atoms with Gasteiger partial charge in [0.15, 0.2) is 0 Å². The predicted octanol–water partition coefficient (Wildman–Crippen LogP) is 3.29. The van der Waals surface area contributed by atoms with Crippen molar-refractivity contribution in [2.45, 2.75) is 32.7 Å². The van der Waals surface area contributed by atoms with Gasteiger partial charge in [-0.25, -0.2) is 0 Å². The molecule has 1 saturated heterocycles. The maximum atomic E-state index is 11.9. The van der Waals surface area contributed by atoms with Crippen molar-refractivity contribution >= 4 is 33.2 Å². The molecule has 114 valence electrons. The number of carbonyl (C=O) groups is 1. The molecule has 0 aromatic heterocycles. The van der Waals surface area contributed by atoms with Gasteiger partial charge in [0.2, 0.25) is 5.91 Å². The van der Waals surface area contributed by atoms with Crippen molar-refractivity contribution in [3.05, 3.63) is 22.2 Å². The van der Waals surface area contributed by atoms with Gasteiger partial charge in [0.25, 0.3) is 0 Å². The maximum absolute atomic E-state index is 11.9. The number of fused-ring (bicyclic) bond motifs is 1. The Balaban J connectivity index is 1.89. The highest BCUT2D eigenvalue weighted by molar-refractivity contribution is 9.10. The molecular weight excluding hydrogens is 330 g/mol. The van der Waals surface area contributed by atoms with Gasteiger partial charge in [0.1, 0.15) is 6.04 Å². The van der Waals surface area contributed by atoms with E-state index in [9.17, 15) is 4.79 Å². The number of benzene rings is 1. The van der Waals surface area contributed by atoms with E-state index in [1.165, 1.54) is 18.5 Å². The van der Waals surface area contributed by atoms with E-state index in [2.05, 4.69) is 57.4 Å². The van der Waals surface area contributed by atoms with Crippen molar-refractivity contribution in [2.24, 2.45) is 5.41 Å². The molecule has 3 rings (SSSR count). The van der Waals surface area contributed by atoms with Crippen LogP contribution in [0.4, 0.5) is 11.4 Å². The fraction of sp³-hybridized carbons (Fsp3) is 0.562. The molecule has 0 spiro atoms. The molecule has 2 heterocycles. The smallest absolute Gasteiger partial charge is 0.246 e. The number of likely N-dealkylation sites (N-methyl/N-ethyl adjacent to an activating group) is 1. The number of carbonyl (C=O) groups excluding carboxylic acids is 1. The minimum Gasteiger partial charge on any atom is -0.371 e. The fourth-order valence-corrected chi connectivity index (χ4v) is 3.76. The highest BCUT2D eigenvalue weighted by Gasteiger charge is 2.32. The SMILES string of the molecule is CNC1C(=O)Nc2cc(N3CCC(C)(C)CC3)c(Br)cc21. The van der Waals surface area contributed by atoms with Crippen molar-refractivity contribution in [1.29, 1.82) is 0 Å². The Kier molecular flexibility index (Phi) is 3.74. The summed E-state index contributed by atoms with van der Waals surface area (Å²) in [5.41, 5.74) is 3.57. The molecule has 2 N–H and O–H groups in total. The largest absolute Gasteiger partial charge is 0.371 e. The standard InChI is InChI=1S/C16H22BrN3O/c1-16(2)4-6-20(7-5-16)13-9-12-10(8-11(13)17)14(18-3)15(21)19-12/h8-9,14,18H,4-7H2,1-3H3,(H,19,21). The fourth-order valence-electron chi connectivity index (χ4n) is 3.15. The van der Waals surface area contributed by atoms with Gasteiger partial charge in [-0.2, -0.15) is 0 Å². The molecule has 4 nitrogen and oxygen atoms in total. The Morgan fingerprint density at radius 2 is 2.00 bits per heavy atom. The second-order valence-electron chi connectivity index (χ2n) is 6.75. The summed E-state index contributed by atoms with van der Waals surface area (Å²) in [5, 5.41) is 6.03. The molecule has 1 unspecified atom stereocenters. The summed E-state index contributed by atoms with van der Waals surface area (Å²) in [4.78, 5) is 14.4. The molecule has 1 amide bonds. The van der Waals surface area contributed by atoms with Gasteiger partial charge in [-0.1, -0.05) is 13.8 Å². The highest BCUT2D eigenvalue weighted by atomic mass is 79.9. The van der Waals surface area contributed by atoms with E-state index in [0.717, 1.165) is 28.8 Å². The molecule has 1 fully saturated rings. The predicted molar refractivity (Wildman–Crippen MR) is 89.8 cm³/mol. The van der Waals surface area contributed by atoms with E-state index < -0.39 is 0 Å². The Morgan fingerprint density at radius 1 is 1.33 bits per heavy atom. The maximum Gasteiger partial charge on any atom is 0.246 e. The first-order valence-electron chi connectivity index (χ1n) is 7.48. The first-order chi connectivity index (χ1) is 9.91. The van der Waals surface area contributed by atoms with Crippen LogP contribution in [0.25, 0.3) is 0 Å². The zero-order chi connectivity index (χ0) is 15.2. The number of hydrogen-bond donors (Lipinski definition) is 2. The van der Waals surface area contributed by atoms with Crippen LogP contribution in [0.3, 0.4) is 0 Å². The van der Waals surface area contributed by atoms with Crippen molar-refractivity contribution in [3.8, 4) is 0 Å². The number of amides is 1. The minimum atomic E-state index is -0.245. The molecule has 5 heteroatoms. The summed E-state index contributed by atoms with van der Waals surface area (Å²) in [7, 11) is 1.81. The first-order valence-corrected chi connectivity index (χ1v) is 8.27. The molecule has 2 aliphatic rings. The van der Waals surface area contributed by atoms with Gasteiger partial charge in [0, 0.05) is 28.8 Å². The van der Waals surface area contributed by atoms with Crippen LogP contribution < -0.4 is 15.5 Å². The lowest BCUT2D eigenvalue weighted by Gasteiger charge is -2.38. The molecule has 0 radical (unpaired) electrons. The van der Waals surface area contributed by atoms with Crippen LogP contribution >= 0.6 is 15.9 Å². The molecule has 1 atom stereocenters. The third kappa shape index (κ3) is 2.69. The van der Waals surface area contributed by atoms with Gasteiger partial charge in [-0.3, -0.25) is 4.79 Å². The van der Waals surface area contributed by atoms with E-state index in [1.807, 2.05) is 7.05 Å². The minimum absolute atomic E-state index is 0.0244. The monoisotopic (exact) mass is 351 g/mol. The van der Waals surface area contributed by atoms with Crippen molar-refractivity contribution < 1.29 is 4.79 Å². The van der Waals surface area contributed by atoms with E-state index in [1.54, 1.807) is 0 Å². The lowest BCUT2D eigenvalue weighted by molar-refractivity contribution is -0.117. The summed E-state index contributed by atoms with van der Waals surface area (Å²) in [6.45, 7) is 6.79. The van der Waals surface area contributed by atoms with Gasteiger partial charge in [0.05, 0.1) is 5.69 Å². The third-order valence-electron chi connectivity index (χ3n) is 4.70. The molecular formula is C16H22BrN3O. The number of halogens is 1. The number of rotatable bonds is 2. The van der Waals surface area contributed by atoms with Crippen LogP contribution in [0.2, 0.25) is 0 Å². The van der Waals surface area contributed by atoms with Crippen LogP contribution in [0, 0.1) is 5.41 Å². The number of nitrogens with one attached hydrogen (secondary N) is 2. The van der Waals surface area contributed by atoms with Gasteiger partial charge in [-0.15, -0.1) is 0 Å². The van der Waals surface area contributed by atoms with E-state index >= 15 is 0 Å². The number of anilines is 2. The second kappa shape index (κ2) is 5.29. The quantitative estimate of drug-likeness (QED) is 0.859. The summed E-state index contributed by atoms with van der Waals surface area (Å²) in [6, 6.07) is 3.93. The van der Waals surface area contributed by atoms with Crippen molar-refractivity contribution in [1.82, 2.24) is 5.32 Å². The van der Waals surface area contributed by atoms with Crippen LogP contribution in [0.5, 0.6) is 0 Å². The molecule has 2 aliphatic heterocycles. The molecule has 21 heavy (non-hydrogen) atoms. The molecule has 1 aromatic rings. The number of piperidine rings is 1. The van der Waals surface area contributed by atoms with Crippen LogP contribution in [0.15, 0.2) is 16.6 Å². The highest BCUT2D eigenvalue weighted by Crippen LogP contribution is 2.41. The Labute approximate surface area is 134 Å². The number of nitrogens with zero attached hydrogens (tertiary/aromatic N) is 1. The topological polar surface area (TPSA) is 44.4 Å². The zero-order valence-electron chi connectivity index (χ0n) is 12.8. The summed E-state index contributed by atoms with van der Waals surface area (Å²) < 4.78 is 1.07. The van der Waals surface area contributed by atoms with E-state index in [-0.39, 0.29) is 11.9 Å². The van der Waals surface area contributed by atoms with E-state index in [4.69, 9.17) is 0 Å². The molecule has 1 aromatic carbocycles. The molecule has 0 saturated carbocycles. The van der Waals surface area contributed by atoms with Gasteiger partial charge >= 0.3 is 0 Å². The lowest BCUT2D eigenvalue weighted by Crippen LogP contribution is -2.37. The van der Waals surface area contributed by atoms with Gasteiger partial charge < -0.3 is 15.5 Å². The number of hydrogen-bond acceptors (Lipinski definition) is 3.